The average Bonchev–Trinajstić information content (AvgIpc) is 2.45. The van der Waals surface area contributed by atoms with Gasteiger partial charge in [0.2, 0.25) is 0 Å². The maximum atomic E-state index is 12.6. The summed E-state index contributed by atoms with van der Waals surface area (Å²) >= 11 is 0. The van der Waals surface area contributed by atoms with Crippen LogP contribution < -0.4 is 16.6 Å². The largest absolute Gasteiger partial charge is 0.367 e. The lowest BCUT2D eigenvalue weighted by Gasteiger charge is -2.08. The molecule has 0 saturated heterocycles. The van der Waals surface area contributed by atoms with Gasteiger partial charge in [-0.15, -0.1) is 0 Å². The number of nitrogens with zero attached hydrogens (tertiary/aromatic N) is 1. The fraction of sp³-hybridized carbons (Fsp3) is 0.286. The molecule has 1 heterocycles. The normalized spacial score (nSPS) is 10.9. The Morgan fingerprint density at radius 3 is 2.67 bits per heavy atom. The summed E-state index contributed by atoms with van der Waals surface area (Å²) in [5, 5.41) is 2.85. The molecule has 0 fully saturated rings. The maximum absolute atomic E-state index is 12.6. The highest BCUT2D eigenvalue weighted by Gasteiger charge is 2.07. The van der Waals surface area contributed by atoms with Gasteiger partial charge < -0.3 is 5.32 Å². The number of benzene rings is 1. The second-order valence-corrected chi connectivity index (χ2v) is 4.47. The Bertz CT molecular complexity index is 706. The van der Waals surface area contributed by atoms with Gasteiger partial charge in [-0.1, -0.05) is 18.2 Å². The molecule has 2 N–H and O–H groups in total. The van der Waals surface area contributed by atoms with E-state index in [1.54, 1.807) is 13.0 Å². The molecule has 21 heavy (non-hydrogen) atoms. The molecule has 2 aromatic rings. The fourth-order valence-electron chi connectivity index (χ4n) is 1.95. The Kier molecular flexibility index (Phi) is 4.52. The van der Waals surface area contributed by atoms with E-state index in [0.29, 0.717) is 5.56 Å². The molecule has 0 spiro atoms. The summed E-state index contributed by atoms with van der Waals surface area (Å²) in [5.41, 5.74) is -0.351. The van der Waals surface area contributed by atoms with E-state index in [4.69, 9.17) is 0 Å². The number of hydrogen-bond donors (Lipinski definition) is 2. The minimum atomic E-state index is -2.53. The number of aromatic amines is 1. The topological polar surface area (TPSA) is 66.9 Å². The van der Waals surface area contributed by atoms with E-state index in [9.17, 15) is 18.4 Å². The molecule has 2 rings (SSSR count). The van der Waals surface area contributed by atoms with E-state index in [0.717, 1.165) is 4.57 Å². The van der Waals surface area contributed by atoms with Crippen molar-refractivity contribution >= 4 is 5.82 Å². The summed E-state index contributed by atoms with van der Waals surface area (Å²) in [6, 6.07) is 7.21. The van der Waals surface area contributed by atoms with Crippen LogP contribution in [0.25, 0.3) is 0 Å². The molecule has 0 bridgehead atoms. The molecular weight excluding hydrogens is 280 g/mol. The molecular formula is C14H15F2N3O2. The second-order valence-electron chi connectivity index (χ2n) is 4.47. The number of aromatic nitrogens is 2. The third-order valence-electron chi connectivity index (χ3n) is 3.02. The Balaban J connectivity index is 2.15. The Hall–Kier alpha value is -2.44. The van der Waals surface area contributed by atoms with Gasteiger partial charge in [-0.25, -0.2) is 13.6 Å². The van der Waals surface area contributed by atoms with E-state index in [1.807, 2.05) is 0 Å². The molecule has 1 aromatic carbocycles. The van der Waals surface area contributed by atoms with Crippen LogP contribution in [0.1, 0.15) is 24.5 Å². The third-order valence-corrected chi connectivity index (χ3v) is 3.02. The summed E-state index contributed by atoms with van der Waals surface area (Å²) in [7, 11) is 0. The SMILES string of the molecule is CCn1c(=O)cc(NCc2cccc(C(F)F)c2)[nH]c1=O. The van der Waals surface area contributed by atoms with Crippen LogP contribution in [0.2, 0.25) is 0 Å². The van der Waals surface area contributed by atoms with Crippen molar-refractivity contribution in [1.29, 1.82) is 0 Å². The van der Waals surface area contributed by atoms with Crippen molar-refractivity contribution in [2.45, 2.75) is 26.4 Å². The third kappa shape index (κ3) is 3.56. The van der Waals surface area contributed by atoms with Gasteiger partial charge in [0.1, 0.15) is 5.82 Å². The predicted molar refractivity (Wildman–Crippen MR) is 75.7 cm³/mol. The van der Waals surface area contributed by atoms with Gasteiger partial charge in [-0.2, -0.15) is 0 Å². The van der Waals surface area contributed by atoms with E-state index < -0.39 is 17.7 Å². The van der Waals surface area contributed by atoms with Crippen LogP contribution in [-0.2, 0) is 13.1 Å². The van der Waals surface area contributed by atoms with Crippen LogP contribution in [0.3, 0.4) is 0 Å². The minimum absolute atomic E-state index is 0.0656. The minimum Gasteiger partial charge on any atom is -0.367 e. The highest BCUT2D eigenvalue weighted by atomic mass is 19.3. The first kappa shape index (κ1) is 15.0. The van der Waals surface area contributed by atoms with Crippen molar-refractivity contribution in [2.24, 2.45) is 0 Å². The van der Waals surface area contributed by atoms with E-state index >= 15 is 0 Å². The van der Waals surface area contributed by atoms with Crippen molar-refractivity contribution in [2.75, 3.05) is 5.32 Å². The molecule has 0 aliphatic carbocycles. The maximum Gasteiger partial charge on any atom is 0.329 e. The van der Waals surface area contributed by atoms with E-state index in [-0.39, 0.29) is 24.5 Å². The average molecular weight is 295 g/mol. The lowest BCUT2D eigenvalue weighted by atomic mass is 10.1. The standard InChI is InChI=1S/C14H15F2N3O2/c1-2-19-12(20)7-11(18-14(19)21)17-8-9-4-3-5-10(6-9)13(15)16/h3-7,13,17H,2,8H2,1H3,(H,18,21). The van der Waals surface area contributed by atoms with Crippen molar-refractivity contribution in [3.63, 3.8) is 0 Å². The molecule has 1 aromatic heterocycles. The lowest BCUT2D eigenvalue weighted by molar-refractivity contribution is 0.151. The second kappa shape index (κ2) is 6.34. The predicted octanol–water partition coefficient (Wildman–Crippen LogP) is 2.11. The highest BCUT2D eigenvalue weighted by molar-refractivity contribution is 5.34. The number of nitrogens with one attached hydrogen (secondary N) is 2. The van der Waals surface area contributed by atoms with Gasteiger partial charge in [0.15, 0.2) is 0 Å². The summed E-state index contributed by atoms with van der Waals surface area (Å²) in [6.45, 7) is 2.20. The smallest absolute Gasteiger partial charge is 0.329 e. The van der Waals surface area contributed by atoms with Gasteiger partial charge in [-0.3, -0.25) is 14.3 Å². The molecule has 5 nitrogen and oxygen atoms in total. The van der Waals surface area contributed by atoms with Crippen LogP contribution >= 0.6 is 0 Å². The van der Waals surface area contributed by atoms with Crippen molar-refractivity contribution in [1.82, 2.24) is 9.55 Å². The summed E-state index contributed by atoms with van der Waals surface area (Å²) in [6.07, 6.45) is -2.53. The first-order chi connectivity index (χ1) is 10.0. The zero-order valence-electron chi connectivity index (χ0n) is 11.4. The van der Waals surface area contributed by atoms with E-state index in [2.05, 4.69) is 10.3 Å². The zero-order chi connectivity index (χ0) is 15.4. The Morgan fingerprint density at radius 2 is 2.05 bits per heavy atom. The fourth-order valence-corrected chi connectivity index (χ4v) is 1.95. The number of hydrogen-bond acceptors (Lipinski definition) is 3. The van der Waals surface area contributed by atoms with Gasteiger partial charge in [0.25, 0.3) is 12.0 Å². The highest BCUT2D eigenvalue weighted by Crippen LogP contribution is 2.19. The van der Waals surface area contributed by atoms with Crippen molar-refractivity contribution in [3.8, 4) is 0 Å². The van der Waals surface area contributed by atoms with Crippen molar-refractivity contribution in [3.05, 3.63) is 62.3 Å². The first-order valence-electron chi connectivity index (χ1n) is 6.46. The molecule has 7 heteroatoms. The molecule has 0 atom stereocenters. The quantitative estimate of drug-likeness (QED) is 0.887. The molecule has 0 aliphatic heterocycles. The molecule has 0 amide bonds. The van der Waals surface area contributed by atoms with Gasteiger partial charge in [0, 0.05) is 24.7 Å². The molecule has 112 valence electrons. The number of rotatable bonds is 5. The number of anilines is 1. The van der Waals surface area contributed by atoms with E-state index in [1.165, 1.54) is 24.3 Å². The van der Waals surface area contributed by atoms with Crippen LogP contribution in [0.5, 0.6) is 0 Å². The summed E-state index contributed by atoms with van der Waals surface area (Å²) in [4.78, 5) is 25.8. The van der Waals surface area contributed by atoms with Gasteiger partial charge >= 0.3 is 5.69 Å². The van der Waals surface area contributed by atoms with Gasteiger partial charge in [-0.05, 0) is 18.6 Å². The van der Waals surface area contributed by atoms with Crippen LogP contribution in [0.15, 0.2) is 39.9 Å². The number of halogens is 2. The Labute approximate surface area is 119 Å². The van der Waals surface area contributed by atoms with Gasteiger partial charge in [0.05, 0.1) is 0 Å². The number of H-pyrrole nitrogens is 1. The first-order valence-corrected chi connectivity index (χ1v) is 6.46. The van der Waals surface area contributed by atoms with Crippen LogP contribution in [0.4, 0.5) is 14.6 Å². The van der Waals surface area contributed by atoms with Crippen LogP contribution in [0, 0.1) is 0 Å². The zero-order valence-corrected chi connectivity index (χ0v) is 11.4. The monoisotopic (exact) mass is 295 g/mol. The molecule has 0 radical (unpaired) electrons. The number of alkyl halides is 2. The summed E-state index contributed by atoms with van der Waals surface area (Å²) < 4.78 is 26.2. The lowest BCUT2D eigenvalue weighted by Crippen LogP contribution is -2.34. The Morgan fingerprint density at radius 1 is 1.29 bits per heavy atom. The molecule has 0 saturated carbocycles. The van der Waals surface area contributed by atoms with Crippen molar-refractivity contribution < 1.29 is 8.78 Å². The summed E-state index contributed by atoms with van der Waals surface area (Å²) in [5.74, 6) is 0.261. The van der Waals surface area contributed by atoms with Crippen LogP contribution in [-0.4, -0.2) is 9.55 Å². The molecule has 0 unspecified atom stereocenters. The molecule has 0 aliphatic rings.